The van der Waals surface area contributed by atoms with E-state index in [1.165, 1.54) is 5.56 Å². The van der Waals surface area contributed by atoms with Crippen molar-refractivity contribution in [1.82, 2.24) is 15.1 Å². The van der Waals surface area contributed by atoms with E-state index in [0.717, 1.165) is 56.3 Å². The Morgan fingerprint density at radius 1 is 1.00 bits per heavy atom. The number of carbonyl (C=O) groups is 1. The molecule has 27 heavy (non-hydrogen) atoms. The summed E-state index contributed by atoms with van der Waals surface area (Å²) in [6.07, 6.45) is 1.83. The molecule has 1 aliphatic heterocycles. The van der Waals surface area contributed by atoms with Crippen LogP contribution in [0.5, 0.6) is 0 Å². The number of amides is 1. The van der Waals surface area contributed by atoms with Gasteiger partial charge in [0.1, 0.15) is 0 Å². The van der Waals surface area contributed by atoms with E-state index in [2.05, 4.69) is 53.3 Å². The van der Waals surface area contributed by atoms with Crippen LogP contribution in [-0.2, 0) is 4.79 Å². The Labute approximate surface area is 161 Å². The quantitative estimate of drug-likeness (QED) is 0.845. The fourth-order valence-electron chi connectivity index (χ4n) is 3.40. The van der Waals surface area contributed by atoms with E-state index < -0.39 is 0 Å². The van der Waals surface area contributed by atoms with E-state index in [9.17, 15) is 4.79 Å². The summed E-state index contributed by atoms with van der Waals surface area (Å²) >= 11 is 0. The zero-order chi connectivity index (χ0) is 19.2. The fraction of sp³-hybridized carbons (Fsp3) is 0.476. The van der Waals surface area contributed by atoms with Crippen molar-refractivity contribution in [3.8, 4) is 0 Å². The van der Waals surface area contributed by atoms with Crippen molar-refractivity contribution in [2.75, 3.05) is 36.4 Å². The summed E-state index contributed by atoms with van der Waals surface area (Å²) in [7, 11) is 0. The second kappa shape index (κ2) is 8.84. The molecule has 1 N–H and O–H groups in total. The number of aryl methyl sites for hydroxylation is 1. The highest BCUT2D eigenvalue weighted by Crippen LogP contribution is 2.19. The van der Waals surface area contributed by atoms with Crippen molar-refractivity contribution in [2.45, 2.75) is 33.6 Å². The first-order chi connectivity index (χ1) is 13.1. The molecule has 6 heteroatoms. The summed E-state index contributed by atoms with van der Waals surface area (Å²) in [6, 6.07) is 12.1. The van der Waals surface area contributed by atoms with Crippen LogP contribution >= 0.6 is 0 Å². The van der Waals surface area contributed by atoms with Crippen LogP contribution in [0.25, 0.3) is 0 Å². The molecule has 6 nitrogen and oxygen atoms in total. The normalized spacial score (nSPS) is 14.5. The van der Waals surface area contributed by atoms with Gasteiger partial charge < -0.3 is 15.1 Å². The minimum atomic E-state index is 0.156. The molecule has 2 aromatic rings. The summed E-state index contributed by atoms with van der Waals surface area (Å²) < 4.78 is 0. The molecule has 0 bridgehead atoms. The molecule has 1 fully saturated rings. The summed E-state index contributed by atoms with van der Waals surface area (Å²) in [6.45, 7) is 9.34. The average molecular weight is 367 g/mol. The molecule has 2 heterocycles. The summed E-state index contributed by atoms with van der Waals surface area (Å²) in [5, 5.41) is 11.9. The maximum atomic E-state index is 12.5. The highest BCUT2D eigenvalue weighted by Gasteiger charge is 2.26. The van der Waals surface area contributed by atoms with Crippen molar-refractivity contribution >= 4 is 23.2 Å². The lowest BCUT2D eigenvalue weighted by molar-refractivity contribution is -0.136. The smallest absolute Gasteiger partial charge is 0.225 e. The minimum absolute atomic E-state index is 0.156. The topological polar surface area (TPSA) is 61.4 Å². The number of aromatic nitrogens is 2. The predicted molar refractivity (Wildman–Crippen MR) is 109 cm³/mol. The molecular formula is C21H29N5O. The largest absolute Gasteiger partial charge is 0.352 e. The van der Waals surface area contributed by atoms with E-state index >= 15 is 0 Å². The summed E-state index contributed by atoms with van der Waals surface area (Å²) in [5.41, 5.74) is 2.22. The van der Waals surface area contributed by atoms with Gasteiger partial charge >= 0.3 is 0 Å². The molecule has 0 spiro atoms. The zero-order valence-electron chi connectivity index (χ0n) is 16.5. The third-order valence-electron chi connectivity index (χ3n) is 5.22. The first kappa shape index (κ1) is 19.1. The van der Waals surface area contributed by atoms with Gasteiger partial charge in [0.15, 0.2) is 11.6 Å². The number of benzene rings is 1. The number of carbonyl (C=O) groups excluding carboxylic acids is 1. The van der Waals surface area contributed by atoms with Crippen LogP contribution in [-0.4, -0.2) is 47.2 Å². The van der Waals surface area contributed by atoms with Crippen LogP contribution in [0.3, 0.4) is 0 Å². The molecule has 0 aliphatic carbocycles. The molecule has 3 rings (SSSR count). The van der Waals surface area contributed by atoms with Crippen molar-refractivity contribution in [3.05, 3.63) is 42.0 Å². The highest BCUT2D eigenvalue weighted by atomic mass is 16.2. The van der Waals surface area contributed by atoms with E-state index in [1.54, 1.807) is 0 Å². The monoisotopic (exact) mass is 367 g/mol. The van der Waals surface area contributed by atoms with Crippen LogP contribution < -0.4 is 10.2 Å². The molecule has 0 radical (unpaired) electrons. The number of nitrogens with one attached hydrogen (secondary N) is 1. The van der Waals surface area contributed by atoms with Gasteiger partial charge in [-0.3, -0.25) is 4.79 Å². The Hall–Kier alpha value is -2.63. The molecule has 1 aliphatic rings. The molecule has 1 aromatic heterocycles. The zero-order valence-corrected chi connectivity index (χ0v) is 16.5. The maximum Gasteiger partial charge on any atom is 0.225 e. The second-order valence-corrected chi connectivity index (χ2v) is 7.09. The Bertz CT molecular complexity index is 732. The van der Waals surface area contributed by atoms with Gasteiger partial charge in [0.2, 0.25) is 5.91 Å². The molecular weight excluding hydrogens is 338 g/mol. The van der Waals surface area contributed by atoms with Gasteiger partial charge in [0.25, 0.3) is 0 Å². The molecule has 0 atom stereocenters. The number of piperazine rings is 1. The van der Waals surface area contributed by atoms with E-state index in [1.807, 2.05) is 29.2 Å². The lowest BCUT2D eigenvalue weighted by Gasteiger charge is -2.36. The SMILES string of the molecule is CCC(CC)C(=O)N1CCN(c2ccc(Nc3ccc(C)cc3)nn2)CC1. The number of rotatable bonds is 6. The van der Waals surface area contributed by atoms with Gasteiger partial charge in [-0.05, 0) is 44.0 Å². The van der Waals surface area contributed by atoms with Gasteiger partial charge in [0, 0.05) is 37.8 Å². The summed E-state index contributed by atoms with van der Waals surface area (Å²) in [4.78, 5) is 16.7. The Balaban J connectivity index is 1.55. The minimum Gasteiger partial charge on any atom is -0.352 e. The highest BCUT2D eigenvalue weighted by molar-refractivity contribution is 5.79. The number of hydrogen-bond acceptors (Lipinski definition) is 5. The molecule has 0 saturated carbocycles. The number of anilines is 3. The third kappa shape index (κ3) is 4.76. The van der Waals surface area contributed by atoms with Crippen molar-refractivity contribution in [1.29, 1.82) is 0 Å². The van der Waals surface area contributed by atoms with Gasteiger partial charge in [-0.1, -0.05) is 31.5 Å². The van der Waals surface area contributed by atoms with Crippen LogP contribution in [0.1, 0.15) is 32.3 Å². The molecule has 1 amide bonds. The lowest BCUT2D eigenvalue weighted by Crippen LogP contribution is -2.50. The first-order valence-electron chi connectivity index (χ1n) is 9.81. The number of nitrogens with zero attached hydrogens (tertiary/aromatic N) is 4. The van der Waals surface area contributed by atoms with Crippen LogP contribution in [0.4, 0.5) is 17.3 Å². The standard InChI is InChI=1S/C21H29N5O/c1-4-17(5-2)21(27)26-14-12-25(13-15-26)20-11-10-19(23-24-20)22-18-8-6-16(3)7-9-18/h6-11,17H,4-5,12-15H2,1-3H3,(H,22,23). The van der Waals surface area contributed by atoms with Crippen LogP contribution in [0.2, 0.25) is 0 Å². The number of hydrogen-bond donors (Lipinski definition) is 1. The van der Waals surface area contributed by atoms with Crippen molar-refractivity contribution < 1.29 is 4.79 Å². The van der Waals surface area contributed by atoms with Crippen molar-refractivity contribution in [3.63, 3.8) is 0 Å². The Kier molecular flexibility index (Phi) is 6.27. The molecule has 144 valence electrons. The lowest BCUT2D eigenvalue weighted by atomic mass is 10.0. The van der Waals surface area contributed by atoms with Gasteiger partial charge in [-0.25, -0.2) is 0 Å². The predicted octanol–water partition coefficient (Wildman–Crippen LogP) is 3.61. The summed E-state index contributed by atoms with van der Waals surface area (Å²) in [5.74, 6) is 2.04. The second-order valence-electron chi connectivity index (χ2n) is 7.09. The molecule has 0 unspecified atom stereocenters. The first-order valence-corrected chi connectivity index (χ1v) is 9.81. The van der Waals surface area contributed by atoms with Crippen LogP contribution in [0.15, 0.2) is 36.4 Å². The molecule has 1 saturated heterocycles. The van der Waals surface area contributed by atoms with Crippen LogP contribution in [0, 0.1) is 12.8 Å². The van der Waals surface area contributed by atoms with Gasteiger partial charge in [0.05, 0.1) is 0 Å². The van der Waals surface area contributed by atoms with E-state index in [4.69, 9.17) is 0 Å². The van der Waals surface area contributed by atoms with Gasteiger partial charge in [-0.15, -0.1) is 10.2 Å². The molecule has 1 aromatic carbocycles. The van der Waals surface area contributed by atoms with Gasteiger partial charge in [-0.2, -0.15) is 0 Å². The van der Waals surface area contributed by atoms with E-state index in [-0.39, 0.29) is 5.92 Å². The third-order valence-corrected chi connectivity index (χ3v) is 5.22. The van der Waals surface area contributed by atoms with Crippen molar-refractivity contribution in [2.24, 2.45) is 5.92 Å². The fourth-order valence-corrected chi connectivity index (χ4v) is 3.40. The Morgan fingerprint density at radius 3 is 2.22 bits per heavy atom. The van der Waals surface area contributed by atoms with E-state index in [0.29, 0.717) is 5.91 Å². The maximum absolute atomic E-state index is 12.5. The Morgan fingerprint density at radius 2 is 1.67 bits per heavy atom. The average Bonchev–Trinajstić information content (AvgIpc) is 2.71.